The fourth-order valence-corrected chi connectivity index (χ4v) is 0.683. The van der Waals surface area contributed by atoms with Gasteiger partial charge in [0.25, 0.3) is 0 Å². The average Bonchev–Trinajstić information content (AvgIpc) is 1.99. The van der Waals surface area contributed by atoms with Gasteiger partial charge in [-0.3, -0.25) is 0 Å². The zero-order valence-corrected chi connectivity index (χ0v) is 8.43. The third-order valence-electron chi connectivity index (χ3n) is 1.37. The maximum Gasteiger partial charge on any atom is 0.353 e. The van der Waals surface area contributed by atoms with E-state index in [0.717, 1.165) is 0 Å². The van der Waals surface area contributed by atoms with E-state index in [-0.39, 0.29) is 12.7 Å². The standard InChI is InChI=1S/C9H16F2O2/c1-5-7(2)13-8(3)6-12-9(4,10)11/h5,8H,6H2,1-4H3/b7-5-. The largest absolute Gasteiger partial charge is 0.493 e. The lowest BCUT2D eigenvalue weighted by atomic mass is 10.4. The van der Waals surface area contributed by atoms with Crippen molar-refractivity contribution in [3.05, 3.63) is 11.8 Å². The summed E-state index contributed by atoms with van der Waals surface area (Å²) in [6.45, 7) is 5.85. The van der Waals surface area contributed by atoms with Crippen LogP contribution in [0.15, 0.2) is 11.8 Å². The van der Waals surface area contributed by atoms with Gasteiger partial charge in [-0.2, -0.15) is 8.78 Å². The highest BCUT2D eigenvalue weighted by Gasteiger charge is 2.22. The summed E-state index contributed by atoms with van der Waals surface area (Å²) in [6.07, 6.45) is -1.68. The van der Waals surface area contributed by atoms with Crippen molar-refractivity contribution in [2.45, 2.75) is 39.9 Å². The first-order chi connectivity index (χ1) is 5.85. The lowest BCUT2D eigenvalue weighted by Gasteiger charge is -2.17. The van der Waals surface area contributed by atoms with Crippen LogP contribution < -0.4 is 0 Å². The molecule has 78 valence electrons. The summed E-state index contributed by atoms with van der Waals surface area (Å²) >= 11 is 0. The molecule has 0 radical (unpaired) electrons. The van der Waals surface area contributed by atoms with Gasteiger partial charge in [0.2, 0.25) is 0 Å². The second-order valence-electron chi connectivity index (χ2n) is 2.95. The van der Waals surface area contributed by atoms with Crippen LogP contribution in [0.4, 0.5) is 8.78 Å². The van der Waals surface area contributed by atoms with Gasteiger partial charge in [-0.15, -0.1) is 0 Å². The fraction of sp³-hybridized carbons (Fsp3) is 0.778. The van der Waals surface area contributed by atoms with Crippen LogP contribution in [0.25, 0.3) is 0 Å². The van der Waals surface area contributed by atoms with Crippen molar-refractivity contribution in [3.8, 4) is 0 Å². The van der Waals surface area contributed by atoms with E-state index in [2.05, 4.69) is 4.74 Å². The van der Waals surface area contributed by atoms with Gasteiger partial charge in [-0.25, -0.2) is 0 Å². The second-order valence-corrected chi connectivity index (χ2v) is 2.95. The first-order valence-electron chi connectivity index (χ1n) is 4.16. The third kappa shape index (κ3) is 7.71. The SMILES string of the molecule is C/C=C(/C)OC(C)COC(C)(F)F. The van der Waals surface area contributed by atoms with Crippen molar-refractivity contribution in [1.29, 1.82) is 0 Å². The Hall–Kier alpha value is -0.640. The number of ether oxygens (including phenoxy) is 2. The van der Waals surface area contributed by atoms with Crippen molar-refractivity contribution in [2.75, 3.05) is 6.61 Å². The third-order valence-corrected chi connectivity index (χ3v) is 1.37. The molecular weight excluding hydrogens is 178 g/mol. The van der Waals surface area contributed by atoms with Crippen LogP contribution >= 0.6 is 0 Å². The molecule has 0 aromatic heterocycles. The monoisotopic (exact) mass is 194 g/mol. The summed E-state index contributed by atoms with van der Waals surface area (Å²) < 4.78 is 33.9. The molecule has 4 heteroatoms. The summed E-state index contributed by atoms with van der Waals surface area (Å²) in [5.41, 5.74) is 0. The fourth-order valence-electron chi connectivity index (χ4n) is 0.683. The molecule has 0 amide bonds. The Morgan fingerprint density at radius 1 is 1.54 bits per heavy atom. The number of hydrogen-bond donors (Lipinski definition) is 0. The van der Waals surface area contributed by atoms with Crippen molar-refractivity contribution >= 4 is 0 Å². The smallest absolute Gasteiger partial charge is 0.353 e. The number of alkyl halides is 2. The van der Waals surface area contributed by atoms with Gasteiger partial charge in [-0.1, -0.05) is 0 Å². The van der Waals surface area contributed by atoms with E-state index in [4.69, 9.17) is 4.74 Å². The highest BCUT2D eigenvalue weighted by Crippen LogP contribution is 2.14. The molecule has 2 nitrogen and oxygen atoms in total. The van der Waals surface area contributed by atoms with Gasteiger partial charge in [-0.05, 0) is 26.8 Å². The van der Waals surface area contributed by atoms with E-state index in [1.807, 2.05) is 6.92 Å². The predicted octanol–water partition coefficient (Wildman–Crippen LogP) is 2.94. The summed E-state index contributed by atoms with van der Waals surface area (Å²) in [7, 11) is 0. The second kappa shape index (κ2) is 5.17. The van der Waals surface area contributed by atoms with Crippen molar-refractivity contribution < 1.29 is 18.3 Å². The zero-order chi connectivity index (χ0) is 10.5. The highest BCUT2D eigenvalue weighted by atomic mass is 19.3. The molecule has 0 aromatic carbocycles. The van der Waals surface area contributed by atoms with E-state index in [1.165, 1.54) is 0 Å². The normalized spacial score (nSPS) is 15.7. The molecule has 1 unspecified atom stereocenters. The van der Waals surface area contributed by atoms with Crippen LogP contribution in [0.5, 0.6) is 0 Å². The van der Waals surface area contributed by atoms with Crippen LogP contribution in [0, 0.1) is 0 Å². The van der Waals surface area contributed by atoms with Gasteiger partial charge >= 0.3 is 6.11 Å². The quantitative estimate of drug-likeness (QED) is 0.626. The molecule has 0 aliphatic carbocycles. The van der Waals surface area contributed by atoms with Crippen molar-refractivity contribution in [3.63, 3.8) is 0 Å². The molecule has 0 rings (SSSR count). The minimum atomic E-state index is -3.08. The molecule has 0 aromatic rings. The molecule has 0 spiro atoms. The van der Waals surface area contributed by atoms with E-state index < -0.39 is 6.11 Å². The van der Waals surface area contributed by atoms with Gasteiger partial charge in [0.15, 0.2) is 0 Å². The Bertz CT molecular complexity index is 173. The summed E-state index contributed by atoms with van der Waals surface area (Å²) in [6, 6.07) is 0. The minimum absolute atomic E-state index is 0.116. The van der Waals surface area contributed by atoms with Crippen molar-refractivity contribution in [1.82, 2.24) is 0 Å². The molecular formula is C9H16F2O2. The summed E-state index contributed by atoms with van der Waals surface area (Å²) in [5, 5.41) is 0. The van der Waals surface area contributed by atoms with Crippen molar-refractivity contribution in [2.24, 2.45) is 0 Å². The lowest BCUT2D eigenvalue weighted by Crippen LogP contribution is -2.23. The highest BCUT2D eigenvalue weighted by molar-refractivity contribution is 4.85. The van der Waals surface area contributed by atoms with Gasteiger partial charge in [0.05, 0.1) is 12.4 Å². The molecule has 0 fully saturated rings. The maximum absolute atomic E-state index is 12.2. The number of hydrogen-bond acceptors (Lipinski definition) is 2. The predicted molar refractivity (Wildman–Crippen MR) is 46.6 cm³/mol. The number of rotatable bonds is 5. The van der Waals surface area contributed by atoms with Gasteiger partial charge in [0, 0.05) is 6.92 Å². The van der Waals surface area contributed by atoms with Crippen LogP contribution in [0.2, 0.25) is 0 Å². The molecule has 0 aliphatic heterocycles. The summed E-state index contributed by atoms with van der Waals surface area (Å²) in [5.74, 6) is 0.704. The summed E-state index contributed by atoms with van der Waals surface area (Å²) in [4.78, 5) is 0. The maximum atomic E-state index is 12.2. The molecule has 0 bridgehead atoms. The molecule has 13 heavy (non-hydrogen) atoms. The first kappa shape index (κ1) is 12.4. The number of halogens is 2. The molecule has 0 saturated heterocycles. The topological polar surface area (TPSA) is 18.5 Å². The Balaban J connectivity index is 3.70. The van der Waals surface area contributed by atoms with Gasteiger partial charge < -0.3 is 9.47 Å². The van der Waals surface area contributed by atoms with E-state index in [9.17, 15) is 8.78 Å². The van der Waals surface area contributed by atoms with Crippen LogP contribution in [-0.2, 0) is 9.47 Å². The molecule has 1 atom stereocenters. The van der Waals surface area contributed by atoms with Crippen LogP contribution in [-0.4, -0.2) is 18.8 Å². The van der Waals surface area contributed by atoms with E-state index in [0.29, 0.717) is 12.7 Å². The Labute approximate surface area is 77.5 Å². The first-order valence-corrected chi connectivity index (χ1v) is 4.16. The molecule has 0 aliphatic rings. The van der Waals surface area contributed by atoms with Crippen LogP contribution in [0.3, 0.4) is 0 Å². The minimum Gasteiger partial charge on any atom is -0.493 e. The van der Waals surface area contributed by atoms with Gasteiger partial charge in [0.1, 0.15) is 6.10 Å². The molecule has 0 N–H and O–H groups in total. The van der Waals surface area contributed by atoms with E-state index >= 15 is 0 Å². The molecule has 0 saturated carbocycles. The average molecular weight is 194 g/mol. The van der Waals surface area contributed by atoms with Crippen LogP contribution in [0.1, 0.15) is 27.7 Å². The lowest BCUT2D eigenvalue weighted by molar-refractivity contribution is -0.234. The molecule has 0 heterocycles. The number of allylic oxidation sites excluding steroid dienone is 2. The zero-order valence-electron chi connectivity index (χ0n) is 8.43. The Morgan fingerprint density at radius 2 is 2.08 bits per heavy atom. The van der Waals surface area contributed by atoms with E-state index in [1.54, 1.807) is 19.9 Å². The Kier molecular flexibility index (Phi) is 4.91. The Morgan fingerprint density at radius 3 is 2.46 bits per heavy atom.